The first-order valence-electron chi connectivity index (χ1n) is 9.14. The molecule has 5 heteroatoms. The molecule has 3 saturated heterocycles. The van der Waals surface area contributed by atoms with Crippen molar-refractivity contribution in [2.75, 3.05) is 26.3 Å². The van der Waals surface area contributed by atoms with E-state index in [1.54, 1.807) is 0 Å². The van der Waals surface area contributed by atoms with Crippen LogP contribution in [0.15, 0.2) is 24.3 Å². The van der Waals surface area contributed by atoms with Gasteiger partial charge in [0, 0.05) is 38.0 Å². The number of likely N-dealkylation sites (tertiary alicyclic amines) is 1. The van der Waals surface area contributed by atoms with Gasteiger partial charge in [0.05, 0.1) is 19.3 Å². The van der Waals surface area contributed by atoms with Crippen molar-refractivity contribution >= 4 is 5.91 Å². The first-order valence-corrected chi connectivity index (χ1v) is 9.14. The van der Waals surface area contributed by atoms with Crippen LogP contribution in [-0.4, -0.2) is 53.8 Å². The first kappa shape index (κ1) is 15.9. The molecule has 1 amide bonds. The average molecular weight is 330 g/mol. The Kier molecular flexibility index (Phi) is 4.22. The topological polar surface area (TPSA) is 42.0 Å². The number of carbonyl (C=O) groups excluding carboxylic acids is 1. The monoisotopic (exact) mass is 330 g/mol. The molecule has 3 aliphatic heterocycles. The van der Waals surface area contributed by atoms with Gasteiger partial charge in [-0.1, -0.05) is 25.1 Å². The number of ether oxygens (including phenoxy) is 2. The largest absolute Gasteiger partial charge is 0.493 e. The van der Waals surface area contributed by atoms with Crippen molar-refractivity contribution in [3.63, 3.8) is 0 Å². The molecule has 24 heavy (non-hydrogen) atoms. The van der Waals surface area contributed by atoms with Crippen LogP contribution in [0.2, 0.25) is 0 Å². The predicted octanol–water partition coefficient (Wildman–Crippen LogP) is 2.40. The van der Waals surface area contributed by atoms with Gasteiger partial charge < -0.3 is 14.4 Å². The summed E-state index contributed by atoms with van der Waals surface area (Å²) in [4.78, 5) is 16.8. The molecule has 3 heterocycles. The third-order valence-corrected chi connectivity index (χ3v) is 5.53. The highest BCUT2D eigenvalue weighted by atomic mass is 16.5. The van der Waals surface area contributed by atoms with Gasteiger partial charge in [-0.3, -0.25) is 9.69 Å². The van der Waals surface area contributed by atoms with E-state index < -0.39 is 0 Å². The quantitative estimate of drug-likeness (QED) is 0.831. The molecule has 130 valence electrons. The van der Waals surface area contributed by atoms with Crippen LogP contribution in [0.1, 0.15) is 38.2 Å². The van der Waals surface area contributed by atoms with Crippen molar-refractivity contribution in [2.45, 2.75) is 50.9 Å². The third kappa shape index (κ3) is 2.50. The molecule has 3 aliphatic rings. The van der Waals surface area contributed by atoms with Gasteiger partial charge in [0.25, 0.3) is 0 Å². The Labute approximate surface area is 143 Å². The third-order valence-electron chi connectivity index (χ3n) is 5.53. The lowest BCUT2D eigenvalue weighted by atomic mass is 10.0. The molecular weight excluding hydrogens is 304 g/mol. The number of carbonyl (C=O) groups is 1. The summed E-state index contributed by atoms with van der Waals surface area (Å²) in [7, 11) is 0. The van der Waals surface area contributed by atoms with E-state index in [4.69, 9.17) is 9.47 Å². The Bertz CT molecular complexity index is 620. The van der Waals surface area contributed by atoms with Gasteiger partial charge in [-0.25, -0.2) is 0 Å². The minimum Gasteiger partial charge on any atom is -0.493 e. The number of hydrogen-bond acceptors (Lipinski definition) is 4. The zero-order chi connectivity index (χ0) is 16.6. The van der Waals surface area contributed by atoms with Crippen molar-refractivity contribution in [2.24, 2.45) is 0 Å². The normalized spacial score (nSPS) is 29.6. The highest BCUT2D eigenvalue weighted by Crippen LogP contribution is 2.45. The van der Waals surface area contributed by atoms with E-state index in [2.05, 4.69) is 24.0 Å². The molecule has 0 radical (unpaired) electrons. The molecule has 0 N–H and O–H groups in total. The van der Waals surface area contributed by atoms with Crippen molar-refractivity contribution < 1.29 is 14.3 Å². The van der Waals surface area contributed by atoms with Gasteiger partial charge in [0.15, 0.2) is 5.72 Å². The zero-order valence-electron chi connectivity index (χ0n) is 14.4. The highest BCUT2D eigenvalue weighted by Gasteiger charge is 2.60. The maximum atomic E-state index is 12.4. The molecular formula is C19H26N2O3. The standard InChI is InChI=1S/C19H26N2O3/c1-2-11-23-16-7-4-3-6-15(16)14-20-10-8-19-17(20)13-18(22)21(19)9-5-12-24-19/h3-4,6-7,17H,2,5,8-14H2,1H3/t17-,19+/m1/s1. The Morgan fingerprint density at radius 1 is 1.33 bits per heavy atom. The Hall–Kier alpha value is -1.59. The van der Waals surface area contributed by atoms with Gasteiger partial charge >= 0.3 is 0 Å². The number of para-hydroxylation sites is 1. The number of benzene rings is 1. The average Bonchev–Trinajstić information content (AvgIpc) is 3.07. The second kappa shape index (κ2) is 6.37. The van der Waals surface area contributed by atoms with Crippen molar-refractivity contribution in [1.82, 2.24) is 9.80 Å². The molecule has 5 nitrogen and oxygen atoms in total. The molecule has 0 aliphatic carbocycles. The SMILES string of the molecule is CCCOc1ccccc1CN1CC[C@@]23OCCCN2C(=O)C[C@@H]13. The maximum Gasteiger partial charge on any atom is 0.226 e. The molecule has 1 aromatic carbocycles. The summed E-state index contributed by atoms with van der Waals surface area (Å²) in [6.07, 6.45) is 3.45. The van der Waals surface area contributed by atoms with Crippen molar-refractivity contribution in [3.8, 4) is 5.75 Å². The van der Waals surface area contributed by atoms with Gasteiger partial charge in [0.2, 0.25) is 5.91 Å². The molecule has 0 unspecified atom stereocenters. The van der Waals surface area contributed by atoms with Crippen molar-refractivity contribution in [1.29, 1.82) is 0 Å². The van der Waals surface area contributed by atoms with Crippen LogP contribution in [0.5, 0.6) is 5.75 Å². The summed E-state index contributed by atoms with van der Waals surface area (Å²) >= 11 is 0. The van der Waals surface area contributed by atoms with Gasteiger partial charge in [-0.05, 0) is 18.9 Å². The second-order valence-corrected chi connectivity index (χ2v) is 6.99. The molecule has 1 spiro atoms. The van der Waals surface area contributed by atoms with Crippen LogP contribution >= 0.6 is 0 Å². The molecule has 1 aromatic rings. The van der Waals surface area contributed by atoms with E-state index >= 15 is 0 Å². The van der Waals surface area contributed by atoms with Gasteiger partial charge in [-0.2, -0.15) is 0 Å². The van der Waals surface area contributed by atoms with E-state index in [-0.39, 0.29) is 17.7 Å². The van der Waals surface area contributed by atoms with Crippen LogP contribution in [0.4, 0.5) is 0 Å². The second-order valence-electron chi connectivity index (χ2n) is 6.99. The summed E-state index contributed by atoms with van der Waals surface area (Å²) < 4.78 is 12.1. The van der Waals surface area contributed by atoms with Crippen molar-refractivity contribution in [3.05, 3.63) is 29.8 Å². The molecule has 2 atom stereocenters. The Morgan fingerprint density at radius 3 is 3.08 bits per heavy atom. The lowest BCUT2D eigenvalue weighted by Crippen LogP contribution is -2.56. The zero-order valence-corrected chi connectivity index (χ0v) is 14.4. The molecule has 0 aromatic heterocycles. The van der Waals surface area contributed by atoms with Crippen LogP contribution in [0.25, 0.3) is 0 Å². The summed E-state index contributed by atoms with van der Waals surface area (Å²) in [6, 6.07) is 8.42. The molecule has 4 rings (SSSR count). The maximum absolute atomic E-state index is 12.4. The van der Waals surface area contributed by atoms with E-state index in [1.807, 2.05) is 17.0 Å². The number of hydrogen-bond donors (Lipinski definition) is 0. The van der Waals surface area contributed by atoms with Crippen LogP contribution < -0.4 is 4.74 Å². The first-order chi connectivity index (χ1) is 11.7. The van der Waals surface area contributed by atoms with Crippen LogP contribution in [-0.2, 0) is 16.1 Å². The fraction of sp³-hybridized carbons (Fsp3) is 0.632. The van der Waals surface area contributed by atoms with Crippen LogP contribution in [0, 0.1) is 0 Å². The minimum atomic E-state index is -0.367. The predicted molar refractivity (Wildman–Crippen MR) is 90.7 cm³/mol. The smallest absolute Gasteiger partial charge is 0.226 e. The summed E-state index contributed by atoms with van der Waals surface area (Å²) in [5.41, 5.74) is 0.832. The summed E-state index contributed by atoms with van der Waals surface area (Å²) in [6.45, 7) is 6.25. The Morgan fingerprint density at radius 2 is 2.21 bits per heavy atom. The van der Waals surface area contributed by atoms with E-state index in [0.29, 0.717) is 6.42 Å². The summed E-state index contributed by atoms with van der Waals surface area (Å²) in [5.74, 6) is 1.21. The molecule has 3 fully saturated rings. The van der Waals surface area contributed by atoms with Crippen LogP contribution in [0.3, 0.4) is 0 Å². The molecule has 0 bridgehead atoms. The minimum absolute atomic E-state index is 0.171. The molecule has 0 saturated carbocycles. The fourth-order valence-corrected chi connectivity index (χ4v) is 4.43. The Balaban J connectivity index is 1.54. The highest BCUT2D eigenvalue weighted by molar-refractivity contribution is 5.81. The lowest BCUT2D eigenvalue weighted by Gasteiger charge is -2.42. The van der Waals surface area contributed by atoms with E-state index in [9.17, 15) is 4.79 Å². The van der Waals surface area contributed by atoms with Gasteiger partial charge in [-0.15, -0.1) is 0 Å². The summed E-state index contributed by atoms with van der Waals surface area (Å²) in [5, 5.41) is 0. The van der Waals surface area contributed by atoms with E-state index in [0.717, 1.165) is 57.9 Å². The fourth-order valence-electron chi connectivity index (χ4n) is 4.43. The number of nitrogens with zero attached hydrogens (tertiary/aromatic N) is 2. The lowest BCUT2D eigenvalue weighted by molar-refractivity contribution is -0.180. The number of rotatable bonds is 5. The number of amides is 1. The van der Waals surface area contributed by atoms with Gasteiger partial charge in [0.1, 0.15) is 5.75 Å². The van der Waals surface area contributed by atoms with E-state index in [1.165, 1.54) is 5.56 Å².